The Morgan fingerprint density at radius 2 is 2.10 bits per heavy atom. The largest absolute Gasteiger partial charge is 0.390 e. The molecule has 2 aromatic rings. The third-order valence-corrected chi connectivity index (χ3v) is 3.71. The van der Waals surface area contributed by atoms with Gasteiger partial charge in [0.05, 0.1) is 12.1 Å². The second-order valence-electron chi connectivity index (χ2n) is 5.07. The standard InChI is InChI=1S/C16H15N3O/c1-10-6-7-15(18-13(10)9-17)19-16-12-5-3-2-4-11(12)8-14(16)20/h2-7,14,16,20H,8H2,1H3,(H,18,19)/t14-,16+/m0/s1. The van der Waals surface area contributed by atoms with Crippen LogP contribution in [0.15, 0.2) is 36.4 Å². The van der Waals surface area contributed by atoms with Crippen LogP contribution in [-0.2, 0) is 6.42 Å². The van der Waals surface area contributed by atoms with Crippen LogP contribution in [0.25, 0.3) is 0 Å². The normalized spacial score (nSPS) is 20.2. The first-order valence-corrected chi connectivity index (χ1v) is 6.59. The quantitative estimate of drug-likeness (QED) is 0.874. The van der Waals surface area contributed by atoms with E-state index >= 15 is 0 Å². The van der Waals surface area contributed by atoms with E-state index in [0.29, 0.717) is 17.9 Å². The smallest absolute Gasteiger partial charge is 0.145 e. The van der Waals surface area contributed by atoms with Crippen LogP contribution in [0.3, 0.4) is 0 Å². The number of hydrogen-bond acceptors (Lipinski definition) is 4. The van der Waals surface area contributed by atoms with Gasteiger partial charge in [0.2, 0.25) is 0 Å². The lowest BCUT2D eigenvalue weighted by Crippen LogP contribution is -2.21. The fourth-order valence-electron chi connectivity index (χ4n) is 2.63. The van der Waals surface area contributed by atoms with Gasteiger partial charge < -0.3 is 10.4 Å². The van der Waals surface area contributed by atoms with Crippen molar-refractivity contribution < 1.29 is 5.11 Å². The summed E-state index contributed by atoms with van der Waals surface area (Å²) in [7, 11) is 0. The molecule has 0 bridgehead atoms. The Labute approximate surface area is 117 Å². The Hall–Kier alpha value is -2.38. The van der Waals surface area contributed by atoms with E-state index in [0.717, 1.165) is 16.7 Å². The lowest BCUT2D eigenvalue weighted by molar-refractivity contribution is 0.165. The zero-order chi connectivity index (χ0) is 14.1. The predicted octanol–water partition coefficient (Wildman–Crippen LogP) is 2.33. The highest BCUT2D eigenvalue weighted by Crippen LogP contribution is 2.33. The second kappa shape index (κ2) is 4.95. The van der Waals surface area contributed by atoms with Gasteiger partial charge >= 0.3 is 0 Å². The van der Waals surface area contributed by atoms with Crippen molar-refractivity contribution in [2.24, 2.45) is 0 Å². The van der Waals surface area contributed by atoms with Crippen LogP contribution in [-0.4, -0.2) is 16.2 Å². The first-order chi connectivity index (χ1) is 9.69. The van der Waals surface area contributed by atoms with Gasteiger partial charge in [-0.1, -0.05) is 30.3 Å². The van der Waals surface area contributed by atoms with Crippen LogP contribution in [0.4, 0.5) is 5.82 Å². The number of anilines is 1. The first kappa shape index (κ1) is 12.6. The van der Waals surface area contributed by atoms with Crippen molar-refractivity contribution in [3.8, 4) is 6.07 Å². The van der Waals surface area contributed by atoms with Crippen LogP contribution in [0.5, 0.6) is 0 Å². The monoisotopic (exact) mass is 265 g/mol. The number of benzene rings is 1. The predicted molar refractivity (Wildman–Crippen MR) is 76.2 cm³/mol. The van der Waals surface area contributed by atoms with Crippen LogP contribution in [0.2, 0.25) is 0 Å². The fourth-order valence-corrected chi connectivity index (χ4v) is 2.63. The van der Waals surface area contributed by atoms with Gasteiger partial charge in [0.25, 0.3) is 0 Å². The molecule has 0 spiro atoms. The minimum absolute atomic E-state index is 0.173. The van der Waals surface area contributed by atoms with E-state index in [4.69, 9.17) is 5.26 Å². The minimum Gasteiger partial charge on any atom is -0.390 e. The molecule has 0 saturated heterocycles. The number of aromatic nitrogens is 1. The average molecular weight is 265 g/mol. The van der Waals surface area contributed by atoms with Gasteiger partial charge in [-0.3, -0.25) is 0 Å². The maximum absolute atomic E-state index is 10.2. The van der Waals surface area contributed by atoms with Crippen molar-refractivity contribution >= 4 is 5.82 Å². The summed E-state index contributed by atoms with van der Waals surface area (Å²) >= 11 is 0. The van der Waals surface area contributed by atoms with Crippen LogP contribution >= 0.6 is 0 Å². The summed E-state index contributed by atoms with van der Waals surface area (Å²) in [5.74, 6) is 0.618. The molecule has 0 saturated carbocycles. The Balaban J connectivity index is 1.90. The summed E-state index contributed by atoms with van der Waals surface area (Å²) in [6, 6.07) is 13.6. The Bertz CT molecular complexity index is 690. The summed E-state index contributed by atoms with van der Waals surface area (Å²) in [5, 5.41) is 22.5. The molecule has 0 amide bonds. The van der Waals surface area contributed by atoms with Gasteiger partial charge in [-0.25, -0.2) is 4.98 Å². The number of fused-ring (bicyclic) bond motifs is 1. The molecule has 0 aliphatic heterocycles. The van der Waals surface area contributed by atoms with Gasteiger partial charge in [0.1, 0.15) is 17.6 Å². The van der Waals surface area contributed by atoms with Gasteiger partial charge in [0.15, 0.2) is 0 Å². The SMILES string of the molecule is Cc1ccc(N[C@@H]2c3ccccc3C[C@@H]2O)nc1C#N. The maximum Gasteiger partial charge on any atom is 0.145 e. The molecule has 1 aliphatic carbocycles. The highest BCUT2D eigenvalue weighted by atomic mass is 16.3. The molecule has 100 valence electrons. The highest BCUT2D eigenvalue weighted by Gasteiger charge is 2.30. The van der Waals surface area contributed by atoms with Crippen molar-refractivity contribution in [3.63, 3.8) is 0 Å². The summed E-state index contributed by atoms with van der Waals surface area (Å²) in [6.07, 6.45) is 0.172. The molecular weight excluding hydrogens is 250 g/mol. The van der Waals surface area contributed by atoms with Gasteiger partial charge in [0, 0.05) is 6.42 Å². The van der Waals surface area contributed by atoms with Crippen LogP contribution in [0, 0.1) is 18.3 Å². The zero-order valence-corrected chi connectivity index (χ0v) is 11.2. The summed E-state index contributed by atoms with van der Waals surface area (Å²) in [6.45, 7) is 1.86. The number of aliphatic hydroxyl groups is 1. The van der Waals surface area contributed by atoms with E-state index < -0.39 is 6.10 Å². The molecule has 1 aliphatic rings. The summed E-state index contributed by atoms with van der Waals surface area (Å²) in [5.41, 5.74) is 3.52. The van der Waals surface area contributed by atoms with Crippen molar-refractivity contribution in [2.45, 2.75) is 25.5 Å². The molecular formula is C16H15N3O. The number of nitriles is 1. The number of aryl methyl sites for hydroxylation is 1. The van der Waals surface area contributed by atoms with Crippen LogP contribution < -0.4 is 5.32 Å². The van der Waals surface area contributed by atoms with Gasteiger partial charge in [-0.05, 0) is 29.7 Å². The molecule has 1 aromatic carbocycles. The number of hydrogen-bond donors (Lipinski definition) is 2. The molecule has 20 heavy (non-hydrogen) atoms. The Morgan fingerprint density at radius 1 is 1.30 bits per heavy atom. The molecule has 2 atom stereocenters. The lowest BCUT2D eigenvalue weighted by atomic mass is 10.1. The third kappa shape index (κ3) is 2.13. The Kier molecular flexibility index (Phi) is 3.13. The van der Waals surface area contributed by atoms with Crippen molar-refractivity contribution in [3.05, 3.63) is 58.8 Å². The van der Waals surface area contributed by atoms with Gasteiger partial charge in [-0.2, -0.15) is 5.26 Å². The Morgan fingerprint density at radius 3 is 2.90 bits per heavy atom. The number of rotatable bonds is 2. The molecule has 2 N–H and O–H groups in total. The topological polar surface area (TPSA) is 68.9 Å². The molecule has 4 heteroatoms. The molecule has 0 fully saturated rings. The maximum atomic E-state index is 10.2. The van der Waals surface area contributed by atoms with E-state index in [-0.39, 0.29) is 6.04 Å². The molecule has 0 unspecified atom stereocenters. The molecule has 3 rings (SSSR count). The fraction of sp³-hybridized carbons (Fsp3) is 0.250. The third-order valence-electron chi connectivity index (χ3n) is 3.71. The number of aliphatic hydroxyl groups excluding tert-OH is 1. The molecule has 0 radical (unpaired) electrons. The molecule has 1 aromatic heterocycles. The van der Waals surface area contributed by atoms with Gasteiger partial charge in [-0.15, -0.1) is 0 Å². The van der Waals surface area contributed by atoms with E-state index in [1.807, 2.05) is 43.3 Å². The van der Waals surface area contributed by atoms with Crippen molar-refractivity contribution in [1.82, 2.24) is 4.98 Å². The van der Waals surface area contributed by atoms with Crippen molar-refractivity contribution in [2.75, 3.05) is 5.32 Å². The molecule has 4 nitrogen and oxygen atoms in total. The lowest BCUT2D eigenvalue weighted by Gasteiger charge is -2.18. The number of nitrogens with zero attached hydrogens (tertiary/aromatic N) is 2. The zero-order valence-electron chi connectivity index (χ0n) is 11.2. The summed E-state index contributed by atoms with van der Waals surface area (Å²) in [4.78, 5) is 4.28. The summed E-state index contributed by atoms with van der Waals surface area (Å²) < 4.78 is 0. The highest BCUT2D eigenvalue weighted by molar-refractivity contribution is 5.47. The van der Waals surface area contributed by atoms with E-state index in [9.17, 15) is 5.11 Å². The van der Waals surface area contributed by atoms with Crippen molar-refractivity contribution in [1.29, 1.82) is 5.26 Å². The second-order valence-corrected chi connectivity index (χ2v) is 5.07. The van der Waals surface area contributed by atoms with E-state index in [1.54, 1.807) is 0 Å². The van der Waals surface area contributed by atoms with E-state index in [2.05, 4.69) is 16.4 Å². The van der Waals surface area contributed by atoms with E-state index in [1.165, 1.54) is 0 Å². The first-order valence-electron chi connectivity index (χ1n) is 6.59. The molecule has 1 heterocycles. The number of nitrogens with one attached hydrogen (secondary N) is 1. The number of pyridine rings is 1. The minimum atomic E-state index is -0.471. The average Bonchev–Trinajstić information content (AvgIpc) is 2.77. The van der Waals surface area contributed by atoms with Crippen LogP contribution in [0.1, 0.15) is 28.4 Å².